The number of fused-ring (bicyclic) bond motifs is 1. The summed E-state index contributed by atoms with van der Waals surface area (Å²) >= 11 is 6.05. The number of aromatic nitrogens is 2. The van der Waals surface area contributed by atoms with Crippen molar-refractivity contribution < 1.29 is 4.74 Å². The molecule has 80 valence electrons. The second-order valence-electron chi connectivity index (χ2n) is 3.47. The standard InChI is InChI=1S/C11H13ClN2O/c1-7(12)11-13-10-8(14(11)2)5-4-6-9(10)15-3/h4-7H,1-3H3. The van der Waals surface area contributed by atoms with Crippen LogP contribution in [-0.4, -0.2) is 16.7 Å². The number of nitrogens with zero attached hydrogens (tertiary/aromatic N) is 2. The maximum Gasteiger partial charge on any atom is 0.146 e. The van der Waals surface area contributed by atoms with E-state index < -0.39 is 0 Å². The molecule has 1 heterocycles. The molecule has 0 saturated heterocycles. The average Bonchev–Trinajstić information content (AvgIpc) is 2.56. The lowest BCUT2D eigenvalue weighted by molar-refractivity contribution is 0.419. The van der Waals surface area contributed by atoms with Crippen LogP contribution < -0.4 is 4.74 Å². The SMILES string of the molecule is COc1cccc2c1nc(C(C)Cl)n2C. The summed E-state index contributed by atoms with van der Waals surface area (Å²) in [5.74, 6) is 1.64. The summed E-state index contributed by atoms with van der Waals surface area (Å²) in [5.41, 5.74) is 1.90. The van der Waals surface area contributed by atoms with Crippen molar-refractivity contribution in [2.75, 3.05) is 7.11 Å². The van der Waals surface area contributed by atoms with Gasteiger partial charge in [-0.05, 0) is 19.1 Å². The van der Waals surface area contributed by atoms with Gasteiger partial charge in [0, 0.05) is 7.05 Å². The lowest BCUT2D eigenvalue weighted by atomic mass is 10.3. The lowest BCUT2D eigenvalue weighted by Crippen LogP contribution is -1.97. The average molecular weight is 225 g/mol. The molecule has 1 aromatic carbocycles. The van der Waals surface area contributed by atoms with Crippen LogP contribution in [0.3, 0.4) is 0 Å². The second kappa shape index (κ2) is 3.74. The van der Waals surface area contributed by atoms with Crippen molar-refractivity contribution in [3.63, 3.8) is 0 Å². The number of benzene rings is 1. The summed E-state index contributed by atoms with van der Waals surface area (Å²) in [4.78, 5) is 4.49. The van der Waals surface area contributed by atoms with Gasteiger partial charge in [-0.3, -0.25) is 0 Å². The fraction of sp³-hybridized carbons (Fsp3) is 0.364. The van der Waals surface area contributed by atoms with E-state index in [1.54, 1.807) is 7.11 Å². The number of para-hydroxylation sites is 1. The molecule has 0 fully saturated rings. The van der Waals surface area contributed by atoms with Gasteiger partial charge in [-0.2, -0.15) is 0 Å². The predicted octanol–water partition coefficient (Wildman–Crippen LogP) is 2.88. The molecule has 0 N–H and O–H groups in total. The Bertz CT molecular complexity index is 491. The number of rotatable bonds is 2. The molecule has 0 amide bonds. The Kier molecular flexibility index (Phi) is 2.57. The van der Waals surface area contributed by atoms with Crippen molar-refractivity contribution >= 4 is 22.6 Å². The van der Waals surface area contributed by atoms with Crippen LogP contribution in [0.1, 0.15) is 18.1 Å². The quantitative estimate of drug-likeness (QED) is 0.734. The molecule has 0 aliphatic heterocycles. The number of alkyl halides is 1. The van der Waals surface area contributed by atoms with Crippen molar-refractivity contribution in [2.24, 2.45) is 7.05 Å². The Morgan fingerprint density at radius 1 is 1.47 bits per heavy atom. The topological polar surface area (TPSA) is 27.1 Å². The zero-order valence-electron chi connectivity index (χ0n) is 8.99. The van der Waals surface area contributed by atoms with Crippen molar-refractivity contribution in [1.82, 2.24) is 9.55 Å². The minimum atomic E-state index is -0.105. The van der Waals surface area contributed by atoms with Crippen LogP contribution in [0.5, 0.6) is 5.75 Å². The molecule has 3 nitrogen and oxygen atoms in total. The molecule has 0 aliphatic rings. The molecule has 0 bridgehead atoms. The molecule has 15 heavy (non-hydrogen) atoms. The van der Waals surface area contributed by atoms with E-state index in [9.17, 15) is 0 Å². The Labute approximate surface area is 93.6 Å². The minimum Gasteiger partial charge on any atom is -0.494 e. The van der Waals surface area contributed by atoms with Crippen LogP contribution in [0.4, 0.5) is 0 Å². The number of hydrogen-bond acceptors (Lipinski definition) is 2. The normalized spacial score (nSPS) is 13.1. The van der Waals surface area contributed by atoms with Gasteiger partial charge in [0.25, 0.3) is 0 Å². The number of methoxy groups -OCH3 is 1. The third kappa shape index (κ3) is 1.57. The summed E-state index contributed by atoms with van der Waals surface area (Å²) in [5, 5.41) is -0.105. The molecule has 1 aromatic heterocycles. The van der Waals surface area contributed by atoms with E-state index in [4.69, 9.17) is 16.3 Å². The first-order valence-corrected chi connectivity index (χ1v) is 5.22. The van der Waals surface area contributed by atoms with E-state index in [-0.39, 0.29) is 5.38 Å². The molecule has 0 spiro atoms. The van der Waals surface area contributed by atoms with Gasteiger partial charge in [-0.15, -0.1) is 11.6 Å². The largest absolute Gasteiger partial charge is 0.494 e. The van der Waals surface area contributed by atoms with Gasteiger partial charge >= 0.3 is 0 Å². The Balaban J connectivity index is 2.75. The predicted molar refractivity (Wildman–Crippen MR) is 61.5 cm³/mol. The van der Waals surface area contributed by atoms with Crippen LogP contribution in [0, 0.1) is 0 Å². The molecule has 1 unspecified atom stereocenters. The number of ether oxygens (including phenoxy) is 1. The summed E-state index contributed by atoms with van der Waals surface area (Å²) < 4.78 is 7.25. The molecule has 0 radical (unpaired) electrons. The Morgan fingerprint density at radius 3 is 2.80 bits per heavy atom. The van der Waals surface area contributed by atoms with Gasteiger partial charge in [0.15, 0.2) is 0 Å². The van der Waals surface area contributed by atoms with Crippen LogP contribution in [0.15, 0.2) is 18.2 Å². The fourth-order valence-electron chi connectivity index (χ4n) is 1.73. The van der Waals surface area contributed by atoms with Crippen molar-refractivity contribution in [1.29, 1.82) is 0 Å². The van der Waals surface area contributed by atoms with Crippen molar-refractivity contribution in [2.45, 2.75) is 12.3 Å². The molecule has 2 aromatic rings. The highest BCUT2D eigenvalue weighted by Gasteiger charge is 2.14. The zero-order chi connectivity index (χ0) is 11.0. The van der Waals surface area contributed by atoms with Gasteiger partial charge in [-0.1, -0.05) is 6.07 Å². The van der Waals surface area contributed by atoms with Crippen molar-refractivity contribution in [3.8, 4) is 5.75 Å². The smallest absolute Gasteiger partial charge is 0.146 e. The third-order valence-electron chi connectivity index (χ3n) is 2.48. The Hall–Kier alpha value is -1.22. The van der Waals surface area contributed by atoms with Crippen LogP contribution in [0.2, 0.25) is 0 Å². The van der Waals surface area contributed by atoms with Gasteiger partial charge < -0.3 is 9.30 Å². The van der Waals surface area contributed by atoms with E-state index in [0.717, 1.165) is 22.6 Å². The lowest BCUT2D eigenvalue weighted by Gasteiger charge is -2.02. The first kappa shape index (κ1) is 10.3. The Morgan fingerprint density at radius 2 is 2.20 bits per heavy atom. The second-order valence-corrected chi connectivity index (χ2v) is 4.13. The van der Waals surface area contributed by atoms with E-state index in [1.807, 2.05) is 36.7 Å². The highest BCUT2D eigenvalue weighted by atomic mass is 35.5. The van der Waals surface area contributed by atoms with Gasteiger partial charge in [0.2, 0.25) is 0 Å². The van der Waals surface area contributed by atoms with Crippen LogP contribution in [-0.2, 0) is 7.05 Å². The molecule has 0 aliphatic carbocycles. The van der Waals surface area contributed by atoms with Gasteiger partial charge in [-0.25, -0.2) is 4.98 Å². The highest BCUT2D eigenvalue weighted by molar-refractivity contribution is 6.20. The maximum atomic E-state index is 6.05. The number of halogens is 1. The minimum absolute atomic E-state index is 0.105. The third-order valence-corrected chi connectivity index (χ3v) is 2.68. The van der Waals surface area contributed by atoms with E-state index in [0.29, 0.717) is 0 Å². The summed E-state index contributed by atoms with van der Waals surface area (Å²) in [6.45, 7) is 1.91. The summed E-state index contributed by atoms with van der Waals surface area (Å²) in [7, 11) is 3.61. The maximum absolute atomic E-state index is 6.05. The summed E-state index contributed by atoms with van der Waals surface area (Å²) in [6.07, 6.45) is 0. The first-order valence-electron chi connectivity index (χ1n) is 4.78. The van der Waals surface area contributed by atoms with E-state index in [1.165, 1.54) is 0 Å². The fourth-order valence-corrected chi connectivity index (χ4v) is 1.92. The molecule has 2 rings (SSSR count). The van der Waals surface area contributed by atoms with Crippen LogP contribution in [0.25, 0.3) is 11.0 Å². The first-order chi connectivity index (χ1) is 7.15. The molecule has 0 saturated carbocycles. The molecular formula is C11H13ClN2O. The monoisotopic (exact) mass is 224 g/mol. The van der Waals surface area contributed by atoms with E-state index in [2.05, 4.69) is 4.98 Å². The molecular weight excluding hydrogens is 212 g/mol. The van der Waals surface area contributed by atoms with Crippen molar-refractivity contribution in [3.05, 3.63) is 24.0 Å². The number of hydrogen-bond donors (Lipinski definition) is 0. The van der Waals surface area contributed by atoms with E-state index >= 15 is 0 Å². The molecule has 1 atom stereocenters. The highest BCUT2D eigenvalue weighted by Crippen LogP contribution is 2.28. The zero-order valence-corrected chi connectivity index (χ0v) is 9.75. The van der Waals surface area contributed by atoms with Gasteiger partial charge in [0.05, 0.1) is 18.0 Å². The van der Waals surface area contributed by atoms with Gasteiger partial charge in [0.1, 0.15) is 17.1 Å². The van der Waals surface area contributed by atoms with Crippen LogP contribution >= 0.6 is 11.6 Å². The number of aryl methyl sites for hydroxylation is 1. The molecule has 4 heteroatoms. The summed E-state index contributed by atoms with van der Waals surface area (Å²) in [6, 6.07) is 5.86. The number of imidazole rings is 1.